The predicted octanol–water partition coefficient (Wildman–Crippen LogP) is 5.16. The number of thiophene rings is 1. The molecule has 1 aliphatic rings. The molecular weight excluding hydrogens is 470 g/mol. The quantitative estimate of drug-likeness (QED) is 0.485. The van der Waals surface area contributed by atoms with Crippen LogP contribution in [0.2, 0.25) is 0 Å². The van der Waals surface area contributed by atoms with Gasteiger partial charge in [-0.15, -0.1) is 11.3 Å². The third kappa shape index (κ3) is 3.72. The second kappa shape index (κ2) is 7.57. The highest BCUT2D eigenvalue weighted by Gasteiger charge is 2.22. The molecule has 0 atom stereocenters. The van der Waals surface area contributed by atoms with Gasteiger partial charge in [-0.05, 0) is 69.2 Å². The Labute approximate surface area is 165 Å². The Hall–Kier alpha value is -1.87. The van der Waals surface area contributed by atoms with E-state index in [4.69, 9.17) is 4.42 Å². The fourth-order valence-corrected chi connectivity index (χ4v) is 4.51. The van der Waals surface area contributed by atoms with Gasteiger partial charge >= 0.3 is 0 Å². The Morgan fingerprint density at radius 2 is 2.08 bits per heavy atom. The van der Waals surface area contributed by atoms with Crippen LogP contribution in [-0.2, 0) is 17.6 Å². The summed E-state index contributed by atoms with van der Waals surface area (Å²) in [5.41, 5.74) is 1.47. The van der Waals surface area contributed by atoms with Crippen molar-refractivity contribution < 1.29 is 9.21 Å². The highest BCUT2D eigenvalue weighted by molar-refractivity contribution is 9.13. The normalized spacial score (nSPS) is 13.7. The number of nitrogens with zero attached hydrogens (tertiary/aromatic N) is 2. The Morgan fingerprint density at radius 3 is 2.72 bits per heavy atom. The van der Waals surface area contributed by atoms with E-state index in [9.17, 15) is 15.3 Å². The number of rotatable bonds is 3. The van der Waals surface area contributed by atoms with Crippen LogP contribution >= 0.6 is 43.2 Å². The summed E-state index contributed by atoms with van der Waals surface area (Å²) >= 11 is 7.92. The topological polar surface area (TPSA) is 89.8 Å². The molecule has 1 N–H and O–H groups in total. The van der Waals surface area contributed by atoms with Crippen LogP contribution in [0, 0.1) is 22.7 Å². The van der Waals surface area contributed by atoms with Crippen LogP contribution < -0.4 is 5.32 Å². The van der Waals surface area contributed by atoms with E-state index in [1.54, 1.807) is 6.07 Å². The summed E-state index contributed by atoms with van der Waals surface area (Å²) in [7, 11) is 0. The third-order valence-electron chi connectivity index (χ3n) is 3.83. The molecule has 2 heterocycles. The van der Waals surface area contributed by atoms with Gasteiger partial charge in [0.05, 0.1) is 10.0 Å². The zero-order chi connectivity index (χ0) is 18.0. The largest absolute Gasteiger partial charge is 0.449 e. The molecule has 1 aliphatic carbocycles. The van der Waals surface area contributed by atoms with Crippen molar-refractivity contribution >= 4 is 60.2 Å². The fraction of sp³-hybridized carbons (Fsp3) is 0.235. The minimum absolute atomic E-state index is 0.0935. The lowest BCUT2D eigenvalue weighted by Crippen LogP contribution is -2.13. The van der Waals surface area contributed by atoms with Crippen molar-refractivity contribution in [1.29, 1.82) is 10.5 Å². The van der Waals surface area contributed by atoms with Crippen LogP contribution in [0.5, 0.6) is 0 Å². The Balaban J connectivity index is 1.87. The van der Waals surface area contributed by atoms with E-state index in [0.29, 0.717) is 25.5 Å². The van der Waals surface area contributed by atoms with Gasteiger partial charge < -0.3 is 9.73 Å². The number of carbonyl (C=O) groups excluding carboxylic acids is 1. The maximum atomic E-state index is 12.5. The lowest BCUT2D eigenvalue weighted by molar-refractivity contribution is -0.112. The van der Waals surface area contributed by atoms with Gasteiger partial charge in [0.25, 0.3) is 5.91 Å². The van der Waals surface area contributed by atoms with Gasteiger partial charge in [-0.2, -0.15) is 10.5 Å². The maximum absolute atomic E-state index is 12.5. The third-order valence-corrected chi connectivity index (χ3v) is 6.74. The average Bonchev–Trinajstić information content (AvgIpc) is 3.11. The first-order chi connectivity index (χ1) is 12.0. The van der Waals surface area contributed by atoms with Crippen LogP contribution in [0.25, 0.3) is 6.08 Å². The van der Waals surface area contributed by atoms with E-state index in [-0.39, 0.29) is 5.57 Å². The van der Waals surface area contributed by atoms with E-state index in [1.807, 2.05) is 6.07 Å². The number of fused-ring (bicyclic) bond motifs is 1. The SMILES string of the molecule is N#CC(=Cc1cc(Br)c(Br)o1)C(=O)Nc1sc2c(c1C#N)CCCC2. The molecule has 5 nitrogen and oxygen atoms in total. The molecular formula is C17H11Br2N3O2S. The van der Waals surface area contributed by atoms with E-state index in [0.717, 1.165) is 36.1 Å². The highest BCUT2D eigenvalue weighted by atomic mass is 79.9. The van der Waals surface area contributed by atoms with Crippen molar-refractivity contribution in [3.63, 3.8) is 0 Å². The first-order valence-corrected chi connectivity index (χ1v) is 9.86. The number of carbonyl (C=O) groups is 1. The number of nitrogens with one attached hydrogen (secondary N) is 1. The summed E-state index contributed by atoms with van der Waals surface area (Å²) < 4.78 is 6.54. The number of anilines is 1. The van der Waals surface area contributed by atoms with Gasteiger partial charge in [-0.3, -0.25) is 4.79 Å². The van der Waals surface area contributed by atoms with Crippen molar-refractivity contribution in [2.45, 2.75) is 25.7 Å². The molecule has 0 fully saturated rings. The Bertz CT molecular complexity index is 940. The molecule has 0 spiro atoms. The summed E-state index contributed by atoms with van der Waals surface area (Å²) in [6.45, 7) is 0. The molecule has 0 bridgehead atoms. The first kappa shape index (κ1) is 17.9. The summed E-state index contributed by atoms with van der Waals surface area (Å²) in [4.78, 5) is 13.6. The van der Waals surface area contributed by atoms with Crippen LogP contribution in [-0.4, -0.2) is 5.91 Å². The van der Waals surface area contributed by atoms with Crippen LogP contribution in [0.3, 0.4) is 0 Å². The van der Waals surface area contributed by atoms with Gasteiger partial charge in [0.15, 0.2) is 4.67 Å². The Kier molecular flexibility index (Phi) is 5.43. The molecule has 8 heteroatoms. The van der Waals surface area contributed by atoms with Gasteiger partial charge in [-0.25, -0.2) is 0 Å². The monoisotopic (exact) mass is 479 g/mol. The molecule has 126 valence electrons. The van der Waals surface area contributed by atoms with Gasteiger partial charge in [0.1, 0.15) is 28.5 Å². The van der Waals surface area contributed by atoms with Gasteiger partial charge in [-0.1, -0.05) is 0 Å². The molecule has 0 unspecified atom stereocenters. The molecule has 25 heavy (non-hydrogen) atoms. The van der Waals surface area contributed by atoms with Crippen LogP contribution in [0.1, 0.15) is 34.6 Å². The lowest BCUT2D eigenvalue weighted by Gasteiger charge is -2.09. The standard InChI is InChI=1S/C17H11Br2N3O2S/c18-13-6-10(24-15(13)19)5-9(7-20)16(23)22-17-12(8-21)11-3-1-2-4-14(11)25-17/h5-6H,1-4H2,(H,22,23). The molecule has 3 rings (SSSR count). The number of aryl methyl sites for hydroxylation is 1. The molecule has 2 aromatic heterocycles. The second-order valence-corrected chi connectivity index (χ2v) is 8.10. The van der Waals surface area contributed by atoms with Crippen molar-refractivity contribution in [3.05, 3.63) is 42.5 Å². The first-order valence-electron chi connectivity index (χ1n) is 7.46. The molecule has 0 aliphatic heterocycles. The molecule has 0 radical (unpaired) electrons. The van der Waals surface area contributed by atoms with Gasteiger partial charge in [0.2, 0.25) is 0 Å². The zero-order valence-electron chi connectivity index (χ0n) is 12.9. The molecule has 1 amide bonds. The number of hydrogen-bond acceptors (Lipinski definition) is 5. The molecule has 0 aromatic carbocycles. The number of furan rings is 1. The minimum atomic E-state index is -0.554. The minimum Gasteiger partial charge on any atom is -0.449 e. The predicted molar refractivity (Wildman–Crippen MR) is 102 cm³/mol. The molecule has 2 aromatic rings. The van der Waals surface area contributed by atoms with E-state index >= 15 is 0 Å². The van der Waals surface area contributed by atoms with Crippen molar-refractivity contribution in [2.75, 3.05) is 5.32 Å². The van der Waals surface area contributed by atoms with Gasteiger partial charge in [0, 0.05) is 11.0 Å². The molecule has 0 saturated heterocycles. The van der Waals surface area contributed by atoms with Crippen molar-refractivity contribution in [3.8, 4) is 12.1 Å². The maximum Gasteiger partial charge on any atom is 0.267 e. The fourth-order valence-electron chi connectivity index (χ4n) is 2.67. The summed E-state index contributed by atoms with van der Waals surface area (Å²) in [5.74, 6) is -0.183. The number of hydrogen-bond donors (Lipinski definition) is 1. The van der Waals surface area contributed by atoms with E-state index in [1.165, 1.54) is 17.4 Å². The molecule has 0 saturated carbocycles. The number of amides is 1. The summed E-state index contributed by atoms with van der Waals surface area (Å²) in [6, 6.07) is 5.72. The van der Waals surface area contributed by atoms with Crippen molar-refractivity contribution in [2.24, 2.45) is 0 Å². The lowest BCUT2D eigenvalue weighted by atomic mass is 9.96. The number of halogens is 2. The van der Waals surface area contributed by atoms with E-state index < -0.39 is 5.91 Å². The zero-order valence-corrected chi connectivity index (χ0v) is 16.8. The van der Waals surface area contributed by atoms with Crippen LogP contribution in [0.4, 0.5) is 5.00 Å². The van der Waals surface area contributed by atoms with Crippen LogP contribution in [0.15, 0.2) is 25.2 Å². The second-order valence-electron chi connectivity index (χ2n) is 5.42. The Morgan fingerprint density at radius 1 is 1.32 bits per heavy atom. The summed E-state index contributed by atoms with van der Waals surface area (Å²) in [5, 5.41) is 22.0. The summed E-state index contributed by atoms with van der Waals surface area (Å²) in [6.07, 6.45) is 5.30. The van der Waals surface area contributed by atoms with Crippen molar-refractivity contribution in [1.82, 2.24) is 0 Å². The smallest absolute Gasteiger partial charge is 0.267 e. The highest BCUT2D eigenvalue weighted by Crippen LogP contribution is 2.37. The average molecular weight is 481 g/mol. The number of nitriles is 2. The van der Waals surface area contributed by atoms with E-state index in [2.05, 4.69) is 43.2 Å².